The van der Waals surface area contributed by atoms with Gasteiger partial charge in [0.1, 0.15) is 11.5 Å². The molecule has 40 heavy (non-hydrogen) atoms. The van der Waals surface area contributed by atoms with Crippen LogP contribution in [0.2, 0.25) is 0 Å². The van der Waals surface area contributed by atoms with Gasteiger partial charge in [-0.2, -0.15) is 0 Å². The minimum absolute atomic E-state index is 0.0906. The van der Waals surface area contributed by atoms with Crippen LogP contribution in [0, 0.1) is 27.9 Å². The Balaban J connectivity index is 1.48. The zero-order valence-corrected chi connectivity index (χ0v) is 21.6. The number of nitro groups is 1. The van der Waals surface area contributed by atoms with E-state index < -0.39 is 40.4 Å². The number of ketones is 2. The predicted octanol–water partition coefficient (Wildman–Crippen LogP) is 3.94. The van der Waals surface area contributed by atoms with Crippen molar-refractivity contribution in [2.45, 2.75) is 25.7 Å². The Bertz CT molecular complexity index is 1650. The molecule has 4 atom stereocenters. The molecule has 2 amide bonds. The lowest BCUT2D eigenvalue weighted by Crippen LogP contribution is -2.39. The number of carbonyl (C=O) groups excluding carboxylic acids is 4. The molecule has 10 nitrogen and oxygen atoms in total. The monoisotopic (exact) mass is 540 g/mol. The molecule has 0 radical (unpaired) electrons. The number of Topliss-reactive ketones (excluding diaryl/α,β-unsaturated/α-hetero) is 1. The number of rotatable bonds is 4. The van der Waals surface area contributed by atoms with E-state index >= 15 is 0 Å². The molecule has 2 aromatic carbocycles. The van der Waals surface area contributed by atoms with E-state index in [0.717, 1.165) is 4.90 Å². The Labute approximate surface area is 228 Å². The highest BCUT2D eigenvalue weighted by molar-refractivity contribution is 6.25. The van der Waals surface area contributed by atoms with Crippen molar-refractivity contribution in [1.82, 2.24) is 0 Å². The van der Waals surface area contributed by atoms with E-state index in [0.29, 0.717) is 16.9 Å². The number of phenols is 1. The van der Waals surface area contributed by atoms with E-state index in [-0.39, 0.29) is 58.3 Å². The molecule has 1 N–H and O–H groups in total. The highest BCUT2D eigenvalue weighted by Crippen LogP contribution is 2.56. The van der Waals surface area contributed by atoms with E-state index in [2.05, 4.69) is 0 Å². The van der Waals surface area contributed by atoms with Crippen LogP contribution in [0.15, 0.2) is 76.9 Å². The molecule has 2 aromatic rings. The second-order valence-electron chi connectivity index (χ2n) is 10.4. The number of carbonyl (C=O) groups is 4. The Hall–Kier alpha value is -4.86. The van der Waals surface area contributed by atoms with Crippen LogP contribution in [0.5, 0.6) is 11.5 Å². The first kappa shape index (κ1) is 25.4. The average Bonchev–Trinajstić information content (AvgIpc) is 3.20. The molecule has 0 spiro atoms. The second kappa shape index (κ2) is 9.11. The van der Waals surface area contributed by atoms with Gasteiger partial charge in [0, 0.05) is 46.4 Å². The molecule has 0 saturated carbocycles. The van der Waals surface area contributed by atoms with Crippen LogP contribution in [-0.4, -0.2) is 40.5 Å². The summed E-state index contributed by atoms with van der Waals surface area (Å²) >= 11 is 0. The summed E-state index contributed by atoms with van der Waals surface area (Å²) < 4.78 is 5.22. The third-order valence-corrected chi connectivity index (χ3v) is 8.41. The van der Waals surface area contributed by atoms with Crippen LogP contribution >= 0.6 is 0 Å². The van der Waals surface area contributed by atoms with Gasteiger partial charge in [0.05, 0.1) is 29.6 Å². The van der Waals surface area contributed by atoms with E-state index in [1.807, 2.05) is 6.08 Å². The first-order valence-electron chi connectivity index (χ1n) is 12.8. The topological polar surface area (TPSA) is 144 Å². The number of allylic oxidation sites excluding steroid dienone is 6. The molecule has 202 valence electrons. The molecule has 0 bridgehead atoms. The number of fused-ring (bicyclic) bond motifs is 3. The van der Waals surface area contributed by atoms with Gasteiger partial charge in [0.2, 0.25) is 11.8 Å². The van der Waals surface area contributed by atoms with E-state index in [1.54, 1.807) is 19.1 Å². The lowest BCUT2D eigenvalue weighted by Gasteiger charge is -2.42. The average molecular weight is 541 g/mol. The molecule has 0 unspecified atom stereocenters. The van der Waals surface area contributed by atoms with Crippen molar-refractivity contribution < 1.29 is 33.9 Å². The first-order chi connectivity index (χ1) is 19.1. The molecule has 0 aromatic heterocycles. The van der Waals surface area contributed by atoms with Crippen molar-refractivity contribution >= 4 is 34.8 Å². The Morgan fingerprint density at radius 1 is 1.05 bits per heavy atom. The second-order valence-corrected chi connectivity index (χ2v) is 10.4. The summed E-state index contributed by atoms with van der Waals surface area (Å²) in [6.45, 7) is 1.56. The zero-order valence-electron chi connectivity index (χ0n) is 21.6. The molecule has 1 aliphatic heterocycles. The Morgan fingerprint density at radius 3 is 2.52 bits per heavy atom. The number of benzene rings is 2. The molecule has 1 fully saturated rings. The fourth-order valence-electron chi connectivity index (χ4n) is 6.63. The number of non-ortho nitro benzene ring substituents is 1. The number of phenolic OH excluding ortho intramolecular Hbond substituents is 1. The molecular weight excluding hydrogens is 516 g/mol. The number of methoxy groups -OCH3 is 1. The number of ether oxygens (including phenoxy) is 1. The minimum atomic E-state index is -0.835. The molecule has 4 aliphatic rings. The van der Waals surface area contributed by atoms with Crippen LogP contribution < -0.4 is 9.64 Å². The summed E-state index contributed by atoms with van der Waals surface area (Å²) in [5.74, 6) is -4.27. The molecule has 3 aliphatic carbocycles. The van der Waals surface area contributed by atoms with Crippen molar-refractivity contribution in [2.75, 3.05) is 12.0 Å². The quantitative estimate of drug-likeness (QED) is 0.202. The van der Waals surface area contributed by atoms with Crippen molar-refractivity contribution in [3.63, 3.8) is 0 Å². The maximum atomic E-state index is 13.9. The molecule has 1 saturated heterocycles. The van der Waals surface area contributed by atoms with Crippen LogP contribution in [0.25, 0.3) is 0 Å². The maximum absolute atomic E-state index is 13.9. The van der Waals surface area contributed by atoms with Gasteiger partial charge in [-0.05, 0) is 43.9 Å². The number of anilines is 1. The SMILES string of the molecule is COc1ccc([C@H]2C3=CC[C@@H]4C(=O)N(c5cccc([N+](=O)[O-])c5)C(=O)[C@@H]4[C@@H]3CC3=C2C(=O)C=C(C)C3=O)c(O)c1. The summed E-state index contributed by atoms with van der Waals surface area (Å²) in [5, 5.41) is 22.3. The molecule has 1 heterocycles. The van der Waals surface area contributed by atoms with Gasteiger partial charge in [0.25, 0.3) is 5.69 Å². The fourth-order valence-corrected chi connectivity index (χ4v) is 6.63. The van der Waals surface area contributed by atoms with Crippen LogP contribution in [0.1, 0.15) is 31.2 Å². The Morgan fingerprint density at radius 2 is 1.82 bits per heavy atom. The largest absolute Gasteiger partial charge is 0.507 e. The molecule has 10 heteroatoms. The number of amides is 2. The number of imide groups is 1. The van der Waals surface area contributed by atoms with Gasteiger partial charge in [-0.15, -0.1) is 0 Å². The number of aromatic hydroxyl groups is 1. The van der Waals surface area contributed by atoms with E-state index in [9.17, 15) is 34.4 Å². The minimum Gasteiger partial charge on any atom is -0.507 e. The highest BCUT2D eigenvalue weighted by Gasteiger charge is 2.57. The van der Waals surface area contributed by atoms with Gasteiger partial charge >= 0.3 is 0 Å². The Kier molecular flexibility index (Phi) is 5.79. The lowest BCUT2D eigenvalue weighted by atomic mass is 9.59. The van der Waals surface area contributed by atoms with Crippen molar-refractivity contribution in [2.24, 2.45) is 17.8 Å². The summed E-state index contributed by atoms with van der Waals surface area (Å²) in [6.07, 6.45) is 3.44. The van der Waals surface area contributed by atoms with Crippen molar-refractivity contribution in [3.05, 3.63) is 92.6 Å². The van der Waals surface area contributed by atoms with Gasteiger partial charge in [-0.3, -0.25) is 29.3 Å². The van der Waals surface area contributed by atoms with Gasteiger partial charge in [-0.25, -0.2) is 4.90 Å². The molecule has 6 rings (SSSR count). The molecular formula is C30H24N2O8. The number of nitrogens with zero attached hydrogens (tertiary/aromatic N) is 2. The standard InChI is InChI=1S/C30H24N2O8/c1-14-10-24(34)27-22(28(14)35)13-21-18(25(27)19-7-6-17(40-2)12-23(19)33)8-9-20-26(21)30(37)31(29(20)36)15-4-3-5-16(11-15)32(38)39/h3-8,10-12,20-21,25-26,33H,9,13H2,1-2H3/t20-,21+,25+,26-/m0/s1. The van der Waals surface area contributed by atoms with E-state index in [1.165, 1.54) is 43.5 Å². The summed E-state index contributed by atoms with van der Waals surface area (Å²) in [4.78, 5) is 65.9. The number of nitro benzene ring substituents is 1. The van der Waals surface area contributed by atoms with Gasteiger partial charge < -0.3 is 9.84 Å². The van der Waals surface area contributed by atoms with Crippen LogP contribution in [0.3, 0.4) is 0 Å². The van der Waals surface area contributed by atoms with Crippen LogP contribution in [0.4, 0.5) is 11.4 Å². The van der Waals surface area contributed by atoms with Gasteiger partial charge in [0.15, 0.2) is 11.6 Å². The van der Waals surface area contributed by atoms with Crippen molar-refractivity contribution in [3.8, 4) is 11.5 Å². The summed E-state index contributed by atoms with van der Waals surface area (Å²) in [6, 6.07) is 10.1. The van der Waals surface area contributed by atoms with Crippen molar-refractivity contribution in [1.29, 1.82) is 0 Å². The first-order valence-corrected chi connectivity index (χ1v) is 12.8. The fraction of sp³-hybridized carbons (Fsp3) is 0.267. The highest BCUT2D eigenvalue weighted by atomic mass is 16.6. The zero-order chi connectivity index (χ0) is 28.5. The van der Waals surface area contributed by atoms with Crippen LogP contribution in [-0.2, 0) is 19.2 Å². The van der Waals surface area contributed by atoms with E-state index in [4.69, 9.17) is 4.74 Å². The number of hydrogen-bond acceptors (Lipinski definition) is 8. The third-order valence-electron chi connectivity index (χ3n) is 8.41. The maximum Gasteiger partial charge on any atom is 0.271 e. The predicted molar refractivity (Wildman–Crippen MR) is 142 cm³/mol. The number of hydrogen-bond donors (Lipinski definition) is 1. The lowest BCUT2D eigenvalue weighted by molar-refractivity contribution is -0.384. The summed E-state index contributed by atoms with van der Waals surface area (Å²) in [5.41, 5.74) is 1.78. The normalized spacial score (nSPS) is 25.7. The third kappa shape index (κ3) is 3.63. The van der Waals surface area contributed by atoms with Gasteiger partial charge in [-0.1, -0.05) is 23.8 Å². The summed E-state index contributed by atoms with van der Waals surface area (Å²) in [7, 11) is 1.46. The smallest absolute Gasteiger partial charge is 0.271 e.